The Labute approximate surface area is 134 Å². The van der Waals surface area contributed by atoms with Crippen molar-refractivity contribution in [3.63, 3.8) is 0 Å². The third kappa shape index (κ3) is 4.26. The molecule has 2 aromatic carbocycles. The second-order valence-corrected chi connectivity index (χ2v) is 5.34. The van der Waals surface area contributed by atoms with E-state index >= 15 is 0 Å². The minimum atomic E-state index is -1.30. The molecule has 0 aliphatic carbocycles. The number of aliphatic carboxylic acids is 1. The van der Waals surface area contributed by atoms with Gasteiger partial charge in [0.2, 0.25) is 5.70 Å². The Morgan fingerprint density at radius 2 is 1.61 bits per heavy atom. The summed E-state index contributed by atoms with van der Waals surface area (Å²) in [5.41, 5.74) is 9.72. The molecule has 0 aromatic heterocycles. The summed E-state index contributed by atoms with van der Waals surface area (Å²) in [4.78, 5) is 10.7. The largest absolute Gasteiger partial charge is 0.476 e. The number of hydrogen-bond acceptors (Lipinski definition) is 4. The van der Waals surface area contributed by atoms with Gasteiger partial charge in [-0.1, -0.05) is 50.2 Å². The Hall–Kier alpha value is -2.95. The Bertz CT molecular complexity index is 717. The molecule has 0 radical (unpaired) electrons. The van der Waals surface area contributed by atoms with Gasteiger partial charge in [0.05, 0.1) is 0 Å². The lowest BCUT2D eigenvalue weighted by Gasteiger charge is -2.08. The Balaban J connectivity index is 2.13. The summed E-state index contributed by atoms with van der Waals surface area (Å²) >= 11 is 0. The molecule has 2 N–H and O–H groups in total. The molecule has 118 valence electrons. The molecule has 0 saturated carbocycles. The van der Waals surface area contributed by atoms with Crippen molar-refractivity contribution < 1.29 is 14.6 Å². The molecule has 0 aliphatic rings. The first kappa shape index (κ1) is 16.4. The third-order valence-corrected chi connectivity index (χ3v) is 3.41. The Morgan fingerprint density at radius 1 is 1.09 bits per heavy atom. The number of nitrogens with zero attached hydrogens (tertiary/aromatic N) is 1. The zero-order chi connectivity index (χ0) is 16.8. The lowest BCUT2D eigenvalue weighted by molar-refractivity contribution is -0.132. The van der Waals surface area contributed by atoms with Gasteiger partial charge in [-0.25, -0.2) is 10.3 Å². The number of hydrogen-bond donors (Lipinski definition) is 2. The van der Waals surface area contributed by atoms with Gasteiger partial charge in [-0.05, 0) is 34.7 Å². The summed E-state index contributed by atoms with van der Waals surface area (Å²) in [6, 6.07) is 15.7. The fraction of sp³-hybridized carbons (Fsp3) is 0.167. The zero-order valence-corrected chi connectivity index (χ0v) is 13.0. The molecular formula is C18H18N2O3. The van der Waals surface area contributed by atoms with E-state index in [9.17, 15) is 4.79 Å². The second-order valence-electron chi connectivity index (χ2n) is 5.34. The highest BCUT2D eigenvalue weighted by atomic mass is 16.5. The van der Waals surface area contributed by atoms with Gasteiger partial charge < -0.3 is 9.84 Å². The molecular weight excluding hydrogens is 292 g/mol. The highest BCUT2D eigenvalue weighted by Gasteiger charge is 2.06. The van der Waals surface area contributed by atoms with Gasteiger partial charge in [0.25, 0.3) is 0 Å². The van der Waals surface area contributed by atoms with E-state index in [1.54, 1.807) is 12.1 Å². The molecule has 0 saturated heterocycles. The van der Waals surface area contributed by atoms with E-state index in [2.05, 4.69) is 43.2 Å². The van der Waals surface area contributed by atoms with Crippen molar-refractivity contribution in [1.29, 1.82) is 5.53 Å². The Kier molecular flexibility index (Phi) is 5.25. The van der Waals surface area contributed by atoms with Crippen LogP contribution < -0.4 is 4.74 Å². The van der Waals surface area contributed by atoms with Gasteiger partial charge in [0.1, 0.15) is 12.0 Å². The van der Waals surface area contributed by atoms with Crippen molar-refractivity contribution in [3.8, 4) is 16.9 Å². The van der Waals surface area contributed by atoms with E-state index in [-0.39, 0.29) is 0 Å². The molecule has 0 heterocycles. The summed E-state index contributed by atoms with van der Waals surface area (Å²) in [5.74, 6) is -0.325. The molecule has 5 heteroatoms. The normalized spacial score (nSPS) is 11.3. The molecule has 23 heavy (non-hydrogen) atoms. The summed E-state index contributed by atoms with van der Waals surface area (Å²) in [6.07, 6.45) is 0.946. The number of rotatable bonds is 6. The first-order valence-corrected chi connectivity index (χ1v) is 7.19. The van der Waals surface area contributed by atoms with Crippen molar-refractivity contribution in [1.82, 2.24) is 0 Å². The lowest BCUT2D eigenvalue weighted by Crippen LogP contribution is -1.99. The highest BCUT2D eigenvalue weighted by molar-refractivity contribution is 5.85. The zero-order valence-electron chi connectivity index (χ0n) is 13.0. The van der Waals surface area contributed by atoms with Crippen molar-refractivity contribution in [2.24, 2.45) is 5.11 Å². The second kappa shape index (κ2) is 7.35. The van der Waals surface area contributed by atoms with Crippen molar-refractivity contribution in [2.45, 2.75) is 19.8 Å². The summed E-state index contributed by atoms with van der Waals surface area (Å²) < 4.78 is 5.21. The highest BCUT2D eigenvalue weighted by Crippen LogP contribution is 2.24. The minimum Gasteiger partial charge on any atom is -0.476 e. The van der Waals surface area contributed by atoms with Crippen LogP contribution >= 0.6 is 0 Å². The summed E-state index contributed by atoms with van der Waals surface area (Å²) in [5, 5.41) is 11.6. The van der Waals surface area contributed by atoms with E-state index in [4.69, 9.17) is 15.4 Å². The quantitative estimate of drug-likeness (QED) is 0.456. The van der Waals surface area contributed by atoms with Crippen LogP contribution in [0.1, 0.15) is 25.3 Å². The standard InChI is InChI=1S/C18H18N2O3/c1-12(2)13-3-5-14(6-4-13)15-7-9-16(10-8-15)23-11-17(20-19)18(21)22/h3-12,19H,1-2H3,(H,21,22). The molecule has 0 spiro atoms. The first-order chi connectivity index (χ1) is 11.0. The van der Waals surface area contributed by atoms with Gasteiger partial charge in [-0.15, -0.1) is 5.11 Å². The van der Waals surface area contributed by atoms with E-state index < -0.39 is 11.7 Å². The molecule has 5 nitrogen and oxygen atoms in total. The predicted octanol–water partition coefficient (Wildman–Crippen LogP) is 4.81. The van der Waals surface area contributed by atoms with Crippen LogP contribution in [0.4, 0.5) is 0 Å². The van der Waals surface area contributed by atoms with Gasteiger partial charge >= 0.3 is 5.97 Å². The van der Waals surface area contributed by atoms with Gasteiger partial charge in [-0.3, -0.25) is 0 Å². The maximum atomic E-state index is 10.7. The number of carboxylic acids is 1. The minimum absolute atomic E-state index is 0.460. The average Bonchev–Trinajstić information content (AvgIpc) is 2.56. The number of carboxylic acid groups (broad SMARTS) is 1. The fourth-order valence-electron chi connectivity index (χ4n) is 2.03. The van der Waals surface area contributed by atoms with Crippen LogP contribution in [0.3, 0.4) is 0 Å². The molecule has 2 rings (SSSR count). The molecule has 0 bridgehead atoms. The van der Waals surface area contributed by atoms with Crippen LogP contribution in [0.2, 0.25) is 0 Å². The summed E-state index contributed by atoms with van der Waals surface area (Å²) in [7, 11) is 0. The van der Waals surface area contributed by atoms with Crippen LogP contribution in [0, 0.1) is 5.53 Å². The predicted molar refractivity (Wildman–Crippen MR) is 87.5 cm³/mol. The molecule has 2 aromatic rings. The maximum absolute atomic E-state index is 10.7. The van der Waals surface area contributed by atoms with Crippen LogP contribution in [-0.2, 0) is 4.79 Å². The SMILES string of the molecule is CC(C)c1ccc(-c2ccc(OC=C(N=N)C(=O)O)cc2)cc1. The maximum Gasteiger partial charge on any atom is 0.359 e. The van der Waals surface area contributed by atoms with Crippen molar-refractivity contribution in [2.75, 3.05) is 0 Å². The van der Waals surface area contributed by atoms with Crippen LogP contribution in [0.15, 0.2) is 65.6 Å². The molecule has 0 unspecified atom stereocenters. The van der Waals surface area contributed by atoms with Crippen molar-refractivity contribution >= 4 is 5.97 Å². The molecule has 0 aliphatic heterocycles. The van der Waals surface area contributed by atoms with E-state index in [0.717, 1.165) is 17.4 Å². The number of ether oxygens (including phenoxy) is 1. The topological polar surface area (TPSA) is 82.7 Å². The van der Waals surface area contributed by atoms with E-state index in [1.807, 2.05) is 12.1 Å². The van der Waals surface area contributed by atoms with Gasteiger partial charge in [0, 0.05) is 0 Å². The van der Waals surface area contributed by atoms with E-state index in [1.165, 1.54) is 5.56 Å². The fourth-order valence-corrected chi connectivity index (χ4v) is 2.03. The van der Waals surface area contributed by atoms with Crippen LogP contribution in [0.5, 0.6) is 5.75 Å². The number of benzene rings is 2. The van der Waals surface area contributed by atoms with Gasteiger partial charge in [0.15, 0.2) is 0 Å². The Morgan fingerprint density at radius 3 is 2.04 bits per heavy atom. The number of carbonyl (C=O) groups is 1. The average molecular weight is 310 g/mol. The summed E-state index contributed by atoms with van der Waals surface area (Å²) in [6.45, 7) is 4.31. The first-order valence-electron chi connectivity index (χ1n) is 7.19. The van der Waals surface area contributed by atoms with Crippen molar-refractivity contribution in [3.05, 3.63) is 66.1 Å². The van der Waals surface area contributed by atoms with Gasteiger partial charge in [-0.2, -0.15) is 0 Å². The molecule has 0 amide bonds. The molecule has 0 fully saturated rings. The molecule has 0 atom stereocenters. The van der Waals surface area contributed by atoms with Crippen LogP contribution in [0.25, 0.3) is 11.1 Å². The third-order valence-electron chi connectivity index (χ3n) is 3.41. The van der Waals surface area contributed by atoms with Crippen LogP contribution in [-0.4, -0.2) is 11.1 Å². The lowest BCUT2D eigenvalue weighted by atomic mass is 9.99. The monoisotopic (exact) mass is 310 g/mol. The smallest absolute Gasteiger partial charge is 0.359 e. The number of nitrogens with one attached hydrogen (secondary N) is 1. The van der Waals surface area contributed by atoms with E-state index in [0.29, 0.717) is 11.7 Å².